The molecule has 56 heavy (non-hydrogen) atoms. The van der Waals surface area contributed by atoms with Crippen LogP contribution in [-0.2, 0) is 24.9 Å². The van der Waals surface area contributed by atoms with Crippen molar-refractivity contribution >= 4 is 58.3 Å². The predicted octanol–water partition coefficient (Wildman–Crippen LogP) is 7.53. The van der Waals surface area contributed by atoms with Crippen molar-refractivity contribution < 1.29 is 23.9 Å². The van der Waals surface area contributed by atoms with E-state index in [0.717, 1.165) is 42.2 Å². The predicted molar refractivity (Wildman–Crippen MR) is 218 cm³/mol. The molecular weight excluding hydrogens is 770 g/mol. The van der Waals surface area contributed by atoms with Crippen LogP contribution in [0.5, 0.6) is 5.75 Å². The molecule has 2 aromatic carbocycles. The zero-order valence-electron chi connectivity index (χ0n) is 31.8. The van der Waals surface area contributed by atoms with Crippen LogP contribution < -0.4 is 20.3 Å². The maximum Gasteiger partial charge on any atom is 0.307 e. The molecule has 0 saturated carbocycles. The molecule has 2 amide bonds. The van der Waals surface area contributed by atoms with Crippen LogP contribution in [0, 0.1) is 28.1 Å². The molecule has 2 aromatic heterocycles. The Morgan fingerprint density at radius 3 is 2.32 bits per heavy atom. The highest BCUT2D eigenvalue weighted by atomic mass is 35.5. The molecule has 15 heteroatoms. The molecule has 1 saturated heterocycles. The second kappa shape index (κ2) is 19.6. The number of pyridine rings is 1. The van der Waals surface area contributed by atoms with Gasteiger partial charge in [0.1, 0.15) is 58.6 Å². The molecule has 4 aromatic rings. The quantitative estimate of drug-likeness (QED) is 0.0651. The third kappa shape index (κ3) is 11.7. The normalized spacial score (nSPS) is 13.0. The van der Waals surface area contributed by atoms with Gasteiger partial charge >= 0.3 is 5.97 Å². The third-order valence-corrected chi connectivity index (χ3v) is 10.8. The van der Waals surface area contributed by atoms with Crippen LogP contribution in [-0.4, -0.2) is 66.6 Å². The number of hydrogen-bond acceptors (Lipinski definition) is 12. The highest BCUT2D eigenvalue weighted by molar-refractivity contribution is 7.98. The molecule has 292 valence electrons. The fourth-order valence-corrected chi connectivity index (χ4v) is 7.87. The van der Waals surface area contributed by atoms with Gasteiger partial charge in [0, 0.05) is 53.3 Å². The number of thiazole rings is 1. The summed E-state index contributed by atoms with van der Waals surface area (Å²) in [5.41, 5.74) is 3.49. The van der Waals surface area contributed by atoms with Crippen molar-refractivity contribution in [3.8, 4) is 39.6 Å². The van der Waals surface area contributed by atoms with E-state index >= 15 is 0 Å². The Morgan fingerprint density at radius 1 is 0.982 bits per heavy atom. The second-order valence-corrected chi connectivity index (χ2v) is 16.6. The number of carbonyl (C=O) groups is 3. The van der Waals surface area contributed by atoms with Gasteiger partial charge in [-0.3, -0.25) is 14.4 Å². The first-order chi connectivity index (χ1) is 26.8. The average molecular weight is 814 g/mol. The Morgan fingerprint density at radius 2 is 1.66 bits per heavy atom. The van der Waals surface area contributed by atoms with Gasteiger partial charge in [-0.05, 0) is 55.0 Å². The molecule has 5 rings (SSSR count). The lowest BCUT2D eigenvalue weighted by Gasteiger charge is -2.22. The van der Waals surface area contributed by atoms with Crippen molar-refractivity contribution in [2.45, 2.75) is 70.2 Å². The topological polar surface area (TPSA) is 170 Å². The van der Waals surface area contributed by atoms with Gasteiger partial charge in [0.25, 0.3) is 0 Å². The van der Waals surface area contributed by atoms with Crippen molar-refractivity contribution in [2.75, 3.05) is 37.7 Å². The third-order valence-electron chi connectivity index (χ3n) is 8.62. The fraction of sp³-hybridized carbons (Fsp3) is 0.390. The minimum atomic E-state index is -0.727. The van der Waals surface area contributed by atoms with E-state index in [1.54, 1.807) is 31.2 Å². The van der Waals surface area contributed by atoms with Crippen molar-refractivity contribution in [1.29, 1.82) is 10.5 Å². The number of ether oxygens (including phenoxy) is 2. The highest BCUT2D eigenvalue weighted by Crippen LogP contribution is 2.40. The lowest BCUT2D eigenvalue weighted by molar-refractivity contribution is -0.144. The molecule has 1 fully saturated rings. The van der Waals surface area contributed by atoms with Gasteiger partial charge < -0.3 is 25.0 Å². The molecule has 0 spiro atoms. The van der Waals surface area contributed by atoms with Crippen LogP contribution in [0.15, 0.2) is 58.9 Å². The van der Waals surface area contributed by atoms with E-state index in [1.165, 1.54) is 23.1 Å². The van der Waals surface area contributed by atoms with Crippen molar-refractivity contribution in [3.63, 3.8) is 0 Å². The van der Waals surface area contributed by atoms with Crippen LogP contribution in [0.4, 0.5) is 5.82 Å². The number of carbonyl (C=O) groups excluding carboxylic acids is 3. The molecular formula is C41H44ClN7O5S2. The summed E-state index contributed by atoms with van der Waals surface area (Å²) in [4.78, 5) is 48.5. The molecule has 3 heterocycles. The van der Waals surface area contributed by atoms with Crippen LogP contribution >= 0.6 is 34.7 Å². The number of anilines is 1. The van der Waals surface area contributed by atoms with Gasteiger partial charge in [-0.1, -0.05) is 68.4 Å². The molecule has 1 aliphatic rings. The Kier molecular flexibility index (Phi) is 14.7. The molecule has 12 nitrogen and oxygen atoms in total. The molecule has 1 aliphatic heterocycles. The van der Waals surface area contributed by atoms with Crippen molar-refractivity contribution in [2.24, 2.45) is 5.41 Å². The van der Waals surface area contributed by atoms with E-state index < -0.39 is 12.0 Å². The fourth-order valence-electron chi connectivity index (χ4n) is 5.94. The summed E-state index contributed by atoms with van der Waals surface area (Å²) in [7, 11) is 0. The number of nitrogens with one attached hydrogen (secondary N) is 2. The second-order valence-electron chi connectivity index (χ2n) is 14.4. The summed E-state index contributed by atoms with van der Waals surface area (Å²) in [5, 5.41) is 30.3. The number of nitrogens with zero attached hydrogens (tertiary/aromatic N) is 5. The zero-order chi connectivity index (χ0) is 40.2. The summed E-state index contributed by atoms with van der Waals surface area (Å²) in [6.07, 6.45) is 2.24. The number of hydrogen-bond donors (Lipinski definition) is 2. The molecule has 0 aliphatic carbocycles. The van der Waals surface area contributed by atoms with E-state index in [1.807, 2.05) is 50.4 Å². The minimum Gasteiger partial charge on any atom is -0.490 e. The Balaban J connectivity index is 1.19. The Bertz CT molecular complexity index is 2100. The van der Waals surface area contributed by atoms with E-state index in [4.69, 9.17) is 31.0 Å². The van der Waals surface area contributed by atoms with Gasteiger partial charge in [0.05, 0.1) is 17.7 Å². The summed E-state index contributed by atoms with van der Waals surface area (Å²) in [6.45, 7) is 9.11. The van der Waals surface area contributed by atoms with Gasteiger partial charge in [-0.2, -0.15) is 10.5 Å². The Hall–Kier alpha value is -5.15. The standard InChI is InChI=1S/C41H44ClN7O5S2/c1-26(46-34(50)21-41(2,3)4)38(52)45-16-15-35(51)54-20-19-53-31-13-9-27(10-14-31)36-32(22-43)37(49-17-5-6-18-49)48-40(33(36)23-44)56-25-30-24-55-39(47-30)28-7-11-29(42)12-8-28/h7-14,24,26H,5-6,15-21,25H2,1-4H3,(H,45,52)(H,46,50)/t26-/m0/s1. The largest absolute Gasteiger partial charge is 0.490 e. The summed E-state index contributed by atoms with van der Waals surface area (Å²) < 4.78 is 11.1. The van der Waals surface area contributed by atoms with E-state index in [-0.39, 0.29) is 43.4 Å². The number of benzene rings is 2. The lowest BCUT2D eigenvalue weighted by atomic mass is 9.92. The lowest BCUT2D eigenvalue weighted by Crippen LogP contribution is -2.46. The SMILES string of the molecule is C[C@H](NC(=O)CC(C)(C)C)C(=O)NCCC(=O)OCCOc1ccc(-c2c(C#N)c(SCc3csc(-c4ccc(Cl)cc4)n3)nc(N3CCCC3)c2C#N)cc1. The first-order valence-corrected chi connectivity index (χ1v) is 20.5. The molecule has 0 bridgehead atoms. The molecule has 1 atom stereocenters. The van der Waals surface area contributed by atoms with Crippen LogP contribution in [0.2, 0.25) is 5.02 Å². The van der Waals surface area contributed by atoms with E-state index in [0.29, 0.717) is 56.0 Å². The summed E-state index contributed by atoms with van der Waals surface area (Å²) >= 11 is 9.01. The molecule has 2 N–H and O–H groups in total. The first kappa shape index (κ1) is 42.0. The smallest absolute Gasteiger partial charge is 0.307 e. The van der Waals surface area contributed by atoms with Crippen LogP contribution in [0.25, 0.3) is 21.7 Å². The number of amides is 2. The number of aromatic nitrogens is 2. The number of halogens is 1. The van der Waals surface area contributed by atoms with Crippen LogP contribution in [0.3, 0.4) is 0 Å². The first-order valence-electron chi connectivity index (χ1n) is 18.3. The van der Waals surface area contributed by atoms with Crippen LogP contribution in [0.1, 0.15) is 70.2 Å². The maximum absolute atomic E-state index is 12.3. The molecule has 0 unspecified atom stereocenters. The zero-order valence-corrected chi connectivity index (χ0v) is 34.2. The number of thioether (sulfide) groups is 1. The van der Waals surface area contributed by atoms with Gasteiger partial charge in [0.2, 0.25) is 11.8 Å². The summed E-state index contributed by atoms with van der Waals surface area (Å²) in [5.74, 6) is 0.470. The summed E-state index contributed by atoms with van der Waals surface area (Å²) in [6, 6.07) is 18.6. The number of nitriles is 2. The highest BCUT2D eigenvalue weighted by Gasteiger charge is 2.27. The van der Waals surface area contributed by atoms with Gasteiger partial charge in [-0.15, -0.1) is 11.3 Å². The monoisotopic (exact) mass is 813 g/mol. The van der Waals surface area contributed by atoms with Crippen molar-refractivity contribution in [1.82, 2.24) is 20.6 Å². The average Bonchev–Trinajstić information content (AvgIpc) is 3.88. The molecule has 0 radical (unpaired) electrons. The van der Waals surface area contributed by atoms with E-state index in [9.17, 15) is 24.9 Å². The Labute approximate surface area is 340 Å². The van der Waals surface area contributed by atoms with Crippen molar-refractivity contribution in [3.05, 3.63) is 75.8 Å². The number of rotatable bonds is 16. The van der Waals surface area contributed by atoms with Gasteiger partial charge in [-0.25, -0.2) is 9.97 Å². The van der Waals surface area contributed by atoms with Gasteiger partial charge in [0.15, 0.2) is 0 Å². The number of esters is 1. The van der Waals surface area contributed by atoms with E-state index in [2.05, 4.69) is 27.7 Å². The maximum atomic E-state index is 12.3. The minimum absolute atomic E-state index is 0.00469.